The number of benzene rings is 3. The van der Waals surface area contributed by atoms with Gasteiger partial charge >= 0.3 is 0 Å². The molecule has 3 N–H and O–H groups in total. The van der Waals surface area contributed by atoms with Gasteiger partial charge in [-0.2, -0.15) is 0 Å². The Kier molecular flexibility index (Phi) is 6.23. The van der Waals surface area contributed by atoms with Crippen LogP contribution in [0.3, 0.4) is 0 Å². The molecular weight excluding hydrogens is 370 g/mol. The lowest BCUT2D eigenvalue weighted by Crippen LogP contribution is -2.23. The number of aryl methyl sites for hydroxylation is 1. The van der Waals surface area contributed by atoms with Gasteiger partial charge in [-0.15, -0.1) is 0 Å². The smallest absolute Gasteiger partial charge is 0.240 e. The first-order valence-electron chi connectivity index (χ1n) is 8.93. The van der Waals surface area contributed by atoms with Gasteiger partial charge < -0.3 is 5.73 Å². The van der Waals surface area contributed by atoms with Gasteiger partial charge in [-0.1, -0.05) is 72.3 Å². The maximum absolute atomic E-state index is 12.4. The van der Waals surface area contributed by atoms with Crippen LogP contribution in [0.5, 0.6) is 0 Å². The molecule has 0 aliphatic rings. The Bertz CT molecular complexity index is 1060. The van der Waals surface area contributed by atoms with Crippen molar-refractivity contribution in [3.8, 4) is 0 Å². The molecule has 144 valence electrons. The molecule has 0 saturated heterocycles. The highest BCUT2D eigenvalue weighted by atomic mass is 32.2. The van der Waals surface area contributed by atoms with Gasteiger partial charge in [0.15, 0.2) is 0 Å². The van der Waals surface area contributed by atoms with Crippen molar-refractivity contribution in [2.75, 3.05) is 0 Å². The average molecular weight is 394 g/mol. The second kappa shape index (κ2) is 8.82. The molecule has 0 aromatic heterocycles. The van der Waals surface area contributed by atoms with Crippen molar-refractivity contribution in [3.63, 3.8) is 0 Å². The van der Waals surface area contributed by atoms with E-state index in [1.807, 2.05) is 61.5 Å². The summed E-state index contributed by atoms with van der Waals surface area (Å²) in [4.78, 5) is 4.69. The molecule has 6 heteroatoms. The Labute approximate surface area is 166 Å². The van der Waals surface area contributed by atoms with Gasteiger partial charge in [0.1, 0.15) is 5.84 Å². The molecule has 3 aromatic rings. The molecule has 0 amide bonds. The molecule has 0 fully saturated rings. The number of sulfonamides is 1. The van der Waals surface area contributed by atoms with Gasteiger partial charge in [-0.05, 0) is 30.2 Å². The Morgan fingerprint density at radius 3 is 2.32 bits per heavy atom. The van der Waals surface area contributed by atoms with E-state index in [-0.39, 0.29) is 11.4 Å². The largest absolute Gasteiger partial charge is 0.383 e. The summed E-state index contributed by atoms with van der Waals surface area (Å²) in [5, 5.41) is 0. The molecule has 28 heavy (non-hydrogen) atoms. The van der Waals surface area contributed by atoms with Gasteiger partial charge in [-0.3, -0.25) is 4.99 Å². The predicted molar refractivity (Wildman–Crippen MR) is 113 cm³/mol. The predicted octanol–water partition coefficient (Wildman–Crippen LogP) is 3.38. The third-order valence-corrected chi connectivity index (χ3v) is 5.71. The van der Waals surface area contributed by atoms with E-state index >= 15 is 0 Å². The van der Waals surface area contributed by atoms with Crippen LogP contribution >= 0.6 is 0 Å². The molecule has 0 atom stereocenters. The van der Waals surface area contributed by atoms with Gasteiger partial charge in [-0.25, -0.2) is 13.1 Å². The van der Waals surface area contributed by atoms with Crippen LogP contribution in [0.15, 0.2) is 88.8 Å². The zero-order valence-corrected chi connectivity index (χ0v) is 16.5. The Morgan fingerprint density at radius 2 is 1.61 bits per heavy atom. The van der Waals surface area contributed by atoms with E-state index in [9.17, 15) is 8.42 Å². The van der Waals surface area contributed by atoms with E-state index in [2.05, 4.69) is 9.71 Å². The molecule has 0 radical (unpaired) electrons. The fraction of sp³-hybridized carbons (Fsp3) is 0.136. The molecule has 5 nitrogen and oxygen atoms in total. The van der Waals surface area contributed by atoms with E-state index in [1.165, 1.54) is 0 Å². The molecule has 0 heterocycles. The Hall–Kier alpha value is -2.96. The van der Waals surface area contributed by atoms with E-state index in [0.717, 1.165) is 22.3 Å². The number of nitrogens with zero attached hydrogens (tertiary/aromatic N) is 1. The van der Waals surface area contributed by atoms with Crippen LogP contribution < -0.4 is 10.5 Å². The SMILES string of the molecule is Cc1ccc(S(=O)(=O)NCc2cccc(CN=C(N)c3ccccc3)c2)cc1. The van der Waals surface area contributed by atoms with E-state index < -0.39 is 10.0 Å². The van der Waals surface area contributed by atoms with Gasteiger partial charge in [0.25, 0.3) is 0 Å². The minimum Gasteiger partial charge on any atom is -0.383 e. The lowest BCUT2D eigenvalue weighted by molar-refractivity contribution is 0.581. The summed E-state index contributed by atoms with van der Waals surface area (Å²) < 4.78 is 27.5. The molecule has 3 rings (SSSR count). The summed E-state index contributed by atoms with van der Waals surface area (Å²) in [5.74, 6) is 0.478. The number of amidine groups is 1. The zero-order valence-electron chi connectivity index (χ0n) is 15.7. The van der Waals surface area contributed by atoms with Crippen molar-refractivity contribution in [1.82, 2.24) is 4.72 Å². The second-order valence-electron chi connectivity index (χ2n) is 6.53. The lowest BCUT2D eigenvalue weighted by atomic mass is 10.1. The number of rotatable bonds is 7. The van der Waals surface area contributed by atoms with Crippen molar-refractivity contribution in [3.05, 3.63) is 101 Å². The van der Waals surface area contributed by atoms with Gasteiger partial charge in [0.05, 0.1) is 11.4 Å². The average Bonchev–Trinajstić information content (AvgIpc) is 2.72. The first kappa shape index (κ1) is 19.8. The first-order valence-corrected chi connectivity index (χ1v) is 10.4. The second-order valence-corrected chi connectivity index (χ2v) is 8.29. The maximum atomic E-state index is 12.4. The van der Waals surface area contributed by atoms with Crippen LogP contribution in [0.1, 0.15) is 22.3 Å². The molecular formula is C22H23N3O2S. The van der Waals surface area contributed by atoms with E-state index in [4.69, 9.17) is 5.73 Å². The fourth-order valence-corrected chi connectivity index (χ4v) is 3.71. The standard InChI is InChI=1S/C22H23N3O2S/c1-17-10-12-21(13-11-17)28(26,27)25-16-19-7-5-6-18(14-19)15-24-22(23)20-8-3-2-4-9-20/h2-14,25H,15-16H2,1H3,(H2,23,24). The zero-order chi connectivity index (χ0) is 20.0. The van der Waals surface area contributed by atoms with Crippen molar-refractivity contribution in [1.29, 1.82) is 0 Å². The van der Waals surface area contributed by atoms with Crippen molar-refractivity contribution in [2.24, 2.45) is 10.7 Å². The number of hydrogen-bond donors (Lipinski definition) is 2. The number of hydrogen-bond acceptors (Lipinski definition) is 3. The maximum Gasteiger partial charge on any atom is 0.240 e. The lowest BCUT2D eigenvalue weighted by Gasteiger charge is -2.08. The topological polar surface area (TPSA) is 84.5 Å². The van der Waals surface area contributed by atoms with Crippen LogP contribution in [-0.2, 0) is 23.1 Å². The third-order valence-electron chi connectivity index (χ3n) is 4.29. The van der Waals surface area contributed by atoms with Crippen molar-refractivity contribution < 1.29 is 8.42 Å². The van der Waals surface area contributed by atoms with Gasteiger partial charge in [0.2, 0.25) is 10.0 Å². The Morgan fingerprint density at radius 1 is 0.929 bits per heavy atom. The van der Waals surface area contributed by atoms with E-state index in [0.29, 0.717) is 12.4 Å². The molecule has 0 unspecified atom stereocenters. The van der Waals surface area contributed by atoms with Crippen LogP contribution in [0.2, 0.25) is 0 Å². The van der Waals surface area contributed by atoms with E-state index in [1.54, 1.807) is 24.3 Å². The Balaban J connectivity index is 1.66. The highest BCUT2D eigenvalue weighted by molar-refractivity contribution is 7.89. The molecule has 0 aliphatic carbocycles. The first-order chi connectivity index (χ1) is 13.4. The molecule has 3 aromatic carbocycles. The summed E-state index contributed by atoms with van der Waals surface area (Å²) in [6.07, 6.45) is 0. The number of nitrogens with one attached hydrogen (secondary N) is 1. The summed E-state index contributed by atoms with van der Waals surface area (Å²) in [6, 6.07) is 24.0. The number of nitrogens with two attached hydrogens (primary N) is 1. The highest BCUT2D eigenvalue weighted by Crippen LogP contribution is 2.12. The third kappa shape index (κ3) is 5.28. The van der Waals surface area contributed by atoms with Crippen molar-refractivity contribution in [2.45, 2.75) is 24.9 Å². The number of aliphatic imine (C=N–C) groups is 1. The summed E-state index contributed by atoms with van der Waals surface area (Å²) in [5.41, 5.74) is 9.75. The van der Waals surface area contributed by atoms with Crippen LogP contribution in [0, 0.1) is 6.92 Å². The monoisotopic (exact) mass is 393 g/mol. The molecule has 0 bridgehead atoms. The molecule has 0 spiro atoms. The minimum absolute atomic E-state index is 0.210. The van der Waals surface area contributed by atoms with Gasteiger partial charge in [0, 0.05) is 12.1 Å². The van der Waals surface area contributed by atoms with Crippen LogP contribution in [-0.4, -0.2) is 14.3 Å². The molecule has 0 aliphatic heterocycles. The van der Waals surface area contributed by atoms with Crippen molar-refractivity contribution >= 4 is 15.9 Å². The normalized spacial score (nSPS) is 12.1. The van der Waals surface area contributed by atoms with Crippen LogP contribution in [0.25, 0.3) is 0 Å². The quantitative estimate of drug-likeness (QED) is 0.477. The summed E-state index contributed by atoms with van der Waals surface area (Å²) in [6.45, 7) is 2.56. The molecule has 0 saturated carbocycles. The summed E-state index contributed by atoms with van der Waals surface area (Å²) in [7, 11) is -3.55. The van der Waals surface area contributed by atoms with Crippen LogP contribution in [0.4, 0.5) is 0 Å². The highest BCUT2D eigenvalue weighted by Gasteiger charge is 2.13. The fourth-order valence-electron chi connectivity index (χ4n) is 2.69. The summed E-state index contributed by atoms with van der Waals surface area (Å²) >= 11 is 0. The minimum atomic E-state index is -3.55.